The van der Waals surface area contributed by atoms with E-state index in [1.165, 1.54) is 30.8 Å². The molecular formula is C28H29N7O3. The maximum Gasteiger partial charge on any atom is 0.340 e. The van der Waals surface area contributed by atoms with Crippen LogP contribution in [0, 0.1) is 17.2 Å². The normalized spacial score (nSPS) is 15.2. The van der Waals surface area contributed by atoms with Gasteiger partial charge in [0.05, 0.1) is 36.3 Å². The molecule has 0 spiro atoms. The molecule has 1 N–H and O–H groups in total. The molecule has 1 saturated carbocycles. The molecule has 2 atom stereocenters. The first-order valence-electron chi connectivity index (χ1n) is 12.8. The van der Waals surface area contributed by atoms with Crippen LogP contribution in [-0.4, -0.2) is 36.4 Å². The van der Waals surface area contributed by atoms with Gasteiger partial charge in [-0.2, -0.15) is 15.1 Å². The predicted octanol–water partition coefficient (Wildman–Crippen LogP) is 4.66. The Labute approximate surface area is 220 Å². The van der Waals surface area contributed by atoms with E-state index >= 15 is 0 Å². The van der Waals surface area contributed by atoms with Gasteiger partial charge in [-0.15, -0.1) is 0 Å². The average Bonchev–Trinajstić information content (AvgIpc) is 3.69. The van der Waals surface area contributed by atoms with Crippen LogP contribution in [0.25, 0.3) is 22.3 Å². The molecule has 10 nitrogen and oxygen atoms in total. The number of anilines is 1. The van der Waals surface area contributed by atoms with E-state index in [9.17, 15) is 14.9 Å². The Morgan fingerprint density at radius 3 is 2.66 bits per heavy atom. The second-order valence-corrected chi connectivity index (χ2v) is 9.72. The van der Waals surface area contributed by atoms with Crippen molar-refractivity contribution in [3.05, 3.63) is 60.8 Å². The van der Waals surface area contributed by atoms with E-state index < -0.39 is 11.9 Å². The van der Waals surface area contributed by atoms with E-state index in [-0.39, 0.29) is 11.9 Å². The molecule has 1 aromatic carbocycles. The standard InChI is InChI=1S/C28H29N7O3/c1-18(20-7-9-23(10-8-20)33-19(2)36)28(37)38-35-14-12-24-26(30-17-31-27(24)35)22-15-32-34(16-22)25(11-13-29)21-5-3-4-6-21/h7-10,12,14-18,21,25H,3-6,11H2,1-2H3,(H,33,36). The first kappa shape index (κ1) is 25.1. The number of benzene rings is 1. The van der Waals surface area contributed by atoms with Gasteiger partial charge in [-0.1, -0.05) is 25.0 Å². The van der Waals surface area contributed by atoms with Crippen LogP contribution in [0.5, 0.6) is 0 Å². The van der Waals surface area contributed by atoms with Crippen LogP contribution in [0.15, 0.2) is 55.2 Å². The quantitative estimate of drug-likeness (QED) is 0.364. The molecule has 4 aromatic rings. The number of rotatable bonds is 8. The summed E-state index contributed by atoms with van der Waals surface area (Å²) in [5, 5.41) is 17.4. The molecule has 3 aromatic heterocycles. The second kappa shape index (κ2) is 10.8. The molecule has 1 aliphatic carbocycles. The van der Waals surface area contributed by atoms with Crippen molar-refractivity contribution in [2.45, 2.75) is 57.9 Å². The van der Waals surface area contributed by atoms with Crippen LogP contribution < -0.4 is 10.2 Å². The number of hydrogen-bond acceptors (Lipinski definition) is 7. The molecule has 5 rings (SSSR count). The molecule has 0 aliphatic heterocycles. The summed E-state index contributed by atoms with van der Waals surface area (Å²) in [6.45, 7) is 3.20. The van der Waals surface area contributed by atoms with E-state index in [0.717, 1.165) is 29.4 Å². The lowest BCUT2D eigenvalue weighted by Gasteiger charge is -2.21. The summed E-state index contributed by atoms with van der Waals surface area (Å²) in [6, 6.07) is 11.2. The highest BCUT2D eigenvalue weighted by Crippen LogP contribution is 2.36. The lowest BCUT2D eigenvalue weighted by molar-refractivity contribution is -0.145. The summed E-state index contributed by atoms with van der Waals surface area (Å²) in [5.74, 6) is -0.684. The van der Waals surface area contributed by atoms with Gasteiger partial charge in [0, 0.05) is 36.0 Å². The van der Waals surface area contributed by atoms with Crippen molar-refractivity contribution in [3.63, 3.8) is 0 Å². The first-order chi connectivity index (χ1) is 18.4. The Kier molecular flexibility index (Phi) is 7.18. The van der Waals surface area contributed by atoms with Gasteiger partial charge in [0.2, 0.25) is 5.91 Å². The van der Waals surface area contributed by atoms with Gasteiger partial charge in [-0.3, -0.25) is 9.48 Å². The number of nitrogens with one attached hydrogen (secondary N) is 1. The summed E-state index contributed by atoms with van der Waals surface area (Å²) in [4.78, 5) is 38.7. The monoisotopic (exact) mass is 511 g/mol. The third-order valence-electron chi connectivity index (χ3n) is 7.18. The third-order valence-corrected chi connectivity index (χ3v) is 7.18. The molecule has 194 valence electrons. The van der Waals surface area contributed by atoms with Gasteiger partial charge in [0.1, 0.15) is 6.33 Å². The minimum Gasteiger partial charge on any atom is -0.334 e. The van der Waals surface area contributed by atoms with E-state index in [1.54, 1.807) is 43.6 Å². The Hall–Kier alpha value is -4.52. The molecule has 0 saturated heterocycles. The third kappa shape index (κ3) is 5.13. The van der Waals surface area contributed by atoms with Gasteiger partial charge in [-0.25, -0.2) is 14.8 Å². The van der Waals surface area contributed by atoms with Crippen LogP contribution in [-0.2, 0) is 9.59 Å². The molecule has 38 heavy (non-hydrogen) atoms. The topological polar surface area (TPSA) is 128 Å². The molecule has 3 heterocycles. The smallest absolute Gasteiger partial charge is 0.334 e. The van der Waals surface area contributed by atoms with Gasteiger partial charge in [0.25, 0.3) is 0 Å². The van der Waals surface area contributed by atoms with Crippen molar-refractivity contribution in [3.8, 4) is 17.3 Å². The molecule has 1 fully saturated rings. The van der Waals surface area contributed by atoms with Crippen molar-refractivity contribution in [1.29, 1.82) is 5.26 Å². The fourth-order valence-electron chi connectivity index (χ4n) is 5.16. The van der Waals surface area contributed by atoms with E-state index in [4.69, 9.17) is 4.84 Å². The minimum atomic E-state index is -0.536. The number of fused-ring (bicyclic) bond motifs is 1. The average molecular weight is 512 g/mol. The fourth-order valence-corrected chi connectivity index (χ4v) is 5.16. The minimum absolute atomic E-state index is 0.0490. The van der Waals surface area contributed by atoms with Crippen molar-refractivity contribution < 1.29 is 14.4 Å². The largest absolute Gasteiger partial charge is 0.340 e. The van der Waals surface area contributed by atoms with E-state index in [1.807, 2.05) is 16.9 Å². The molecular weight excluding hydrogens is 482 g/mol. The van der Waals surface area contributed by atoms with Crippen LogP contribution >= 0.6 is 0 Å². The summed E-state index contributed by atoms with van der Waals surface area (Å²) >= 11 is 0. The zero-order valence-corrected chi connectivity index (χ0v) is 21.4. The lowest BCUT2D eigenvalue weighted by atomic mass is 9.96. The van der Waals surface area contributed by atoms with Crippen LogP contribution in [0.2, 0.25) is 0 Å². The molecule has 0 radical (unpaired) electrons. The highest BCUT2D eigenvalue weighted by Gasteiger charge is 2.27. The second-order valence-electron chi connectivity index (χ2n) is 9.72. The summed E-state index contributed by atoms with van der Waals surface area (Å²) < 4.78 is 3.25. The van der Waals surface area contributed by atoms with Gasteiger partial charge < -0.3 is 10.2 Å². The van der Waals surface area contributed by atoms with Gasteiger partial charge >= 0.3 is 5.97 Å². The first-order valence-corrected chi connectivity index (χ1v) is 12.8. The van der Waals surface area contributed by atoms with Crippen molar-refractivity contribution >= 4 is 28.6 Å². The Bertz CT molecular complexity index is 1490. The van der Waals surface area contributed by atoms with Crippen molar-refractivity contribution in [2.75, 3.05) is 5.32 Å². The van der Waals surface area contributed by atoms with Crippen molar-refractivity contribution in [1.82, 2.24) is 24.5 Å². The summed E-state index contributed by atoms with van der Waals surface area (Å²) in [6.07, 6.45) is 11.8. The zero-order chi connectivity index (χ0) is 26.6. The number of carbonyl (C=O) groups is 2. The molecule has 1 aliphatic rings. The number of nitriles is 1. The highest BCUT2D eigenvalue weighted by molar-refractivity contribution is 5.91. The van der Waals surface area contributed by atoms with Crippen LogP contribution in [0.1, 0.15) is 63.5 Å². The maximum atomic E-state index is 12.9. The van der Waals surface area contributed by atoms with Crippen LogP contribution in [0.3, 0.4) is 0 Å². The number of amides is 1. The highest BCUT2D eigenvalue weighted by atomic mass is 16.7. The van der Waals surface area contributed by atoms with Crippen molar-refractivity contribution in [2.24, 2.45) is 5.92 Å². The summed E-state index contributed by atoms with van der Waals surface area (Å²) in [5.41, 5.74) is 3.38. The predicted molar refractivity (Wildman–Crippen MR) is 141 cm³/mol. The lowest BCUT2D eigenvalue weighted by Crippen LogP contribution is -2.24. The Morgan fingerprint density at radius 2 is 1.95 bits per heavy atom. The zero-order valence-electron chi connectivity index (χ0n) is 21.4. The maximum absolute atomic E-state index is 12.9. The SMILES string of the molecule is CC(=O)Nc1ccc(C(C)C(=O)On2ccc3c(-c4cnn(C(CC#N)C5CCCC5)c4)ncnc32)cc1. The fraction of sp³-hybridized carbons (Fsp3) is 0.357. The van der Waals surface area contributed by atoms with Gasteiger partial charge in [0.15, 0.2) is 5.65 Å². The number of nitrogens with zero attached hydrogens (tertiary/aromatic N) is 6. The van der Waals surface area contributed by atoms with Crippen LogP contribution in [0.4, 0.5) is 5.69 Å². The number of hydrogen-bond donors (Lipinski definition) is 1. The van der Waals surface area contributed by atoms with E-state index in [2.05, 4.69) is 26.5 Å². The van der Waals surface area contributed by atoms with Gasteiger partial charge in [-0.05, 0) is 49.4 Å². The molecule has 0 bridgehead atoms. The Balaban J connectivity index is 1.35. The number of aromatic nitrogens is 5. The summed E-state index contributed by atoms with van der Waals surface area (Å²) in [7, 11) is 0. The number of carbonyl (C=O) groups excluding carboxylic acids is 2. The molecule has 2 unspecified atom stereocenters. The molecule has 10 heteroatoms. The molecule has 1 amide bonds. The Morgan fingerprint density at radius 1 is 1.18 bits per heavy atom. The van der Waals surface area contributed by atoms with E-state index in [0.29, 0.717) is 29.4 Å².